The molecule has 3 rings (SSSR count). The van der Waals surface area contributed by atoms with E-state index in [0.29, 0.717) is 6.42 Å². The normalized spacial score (nSPS) is 29.8. The lowest BCUT2D eigenvalue weighted by atomic mass is 10.0. The molecule has 1 amide bonds. The van der Waals surface area contributed by atoms with Crippen molar-refractivity contribution in [3.63, 3.8) is 0 Å². The summed E-state index contributed by atoms with van der Waals surface area (Å²) in [6.45, 7) is 0.905. The molecule has 2 aliphatic rings. The first-order valence-electron chi connectivity index (χ1n) is 7.05. The van der Waals surface area contributed by atoms with E-state index in [1.165, 1.54) is 0 Å². The number of nitrogens with one attached hydrogen (secondary N) is 2. The van der Waals surface area contributed by atoms with Gasteiger partial charge in [0.1, 0.15) is 0 Å². The highest BCUT2D eigenvalue weighted by molar-refractivity contribution is 5.82. The van der Waals surface area contributed by atoms with Crippen molar-refractivity contribution in [1.82, 2.24) is 10.6 Å². The molecule has 1 aliphatic carbocycles. The number of carbonyl (C=O) groups excluding carboxylic acids is 1. The van der Waals surface area contributed by atoms with Gasteiger partial charge in [0.05, 0.1) is 18.2 Å². The average molecular weight is 260 g/mol. The second-order valence-corrected chi connectivity index (χ2v) is 5.46. The minimum atomic E-state index is -0.509. The van der Waals surface area contributed by atoms with Gasteiger partial charge in [-0.2, -0.15) is 0 Å². The molecule has 0 saturated carbocycles. The van der Waals surface area contributed by atoms with Gasteiger partial charge in [-0.3, -0.25) is 4.79 Å². The molecular formula is C15H20N2O2. The maximum Gasteiger partial charge on any atom is 0.237 e. The number of aliphatic hydroxyl groups is 1. The van der Waals surface area contributed by atoms with Crippen LogP contribution < -0.4 is 10.6 Å². The van der Waals surface area contributed by atoms with Gasteiger partial charge >= 0.3 is 0 Å². The van der Waals surface area contributed by atoms with E-state index in [0.717, 1.165) is 36.9 Å². The van der Waals surface area contributed by atoms with Gasteiger partial charge in [0, 0.05) is 6.42 Å². The van der Waals surface area contributed by atoms with E-state index in [1.807, 2.05) is 24.3 Å². The van der Waals surface area contributed by atoms with Crippen LogP contribution in [-0.2, 0) is 11.2 Å². The minimum absolute atomic E-state index is 0.0143. The zero-order valence-corrected chi connectivity index (χ0v) is 10.9. The highest BCUT2D eigenvalue weighted by Gasteiger charge is 2.33. The molecule has 1 aliphatic heterocycles. The summed E-state index contributed by atoms with van der Waals surface area (Å²) in [6.07, 6.45) is 3.23. The van der Waals surface area contributed by atoms with Crippen LogP contribution in [0.3, 0.4) is 0 Å². The van der Waals surface area contributed by atoms with Gasteiger partial charge < -0.3 is 15.7 Å². The second-order valence-electron chi connectivity index (χ2n) is 5.46. The van der Waals surface area contributed by atoms with E-state index in [-0.39, 0.29) is 18.0 Å². The zero-order valence-electron chi connectivity index (χ0n) is 10.9. The summed E-state index contributed by atoms with van der Waals surface area (Å²) in [4.78, 5) is 12.2. The Morgan fingerprint density at radius 1 is 1.32 bits per heavy atom. The fourth-order valence-electron chi connectivity index (χ4n) is 3.08. The number of benzene rings is 1. The van der Waals surface area contributed by atoms with Gasteiger partial charge in [-0.05, 0) is 30.5 Å². The lowest BCUT2D eigenvalue weighted by molar-refractivity contribution is -0.125. The van der Waals surface area contributed by atoms with Crippen molar-refractivity contribution in [1.29, 1.82) is 0 Å². The number of carbonyl (C=O) groups is 1. The van der Waals surface area contributed by atoms with Crippen molar-refractivity contribution in [3.05, 3.63) is 35.4 Å². The molecular weight excluding hydrogens is 240 g/mol. The molecule has 1 fully saturated rings. The van der Waals surface area contributed by atoms with E-state index in [4.69, 9.17) is 0 Å². The first-order valence-corrected chi connectivity index (χ1v) is 7.05. The summed E-state index contributed by atoms with van der Waals surface area (Å²) >= 11 is 0. The number of fused-ring (bicyclic) bond motifs is 1. The Morgan fingerprint density at radius 3 is 2.95 bits per heavy atom. The first-order chi connectivity index (χ1) is 9.25. The molecule has 1 saturated heterocycles. The van der Waals surface area contributed by atoms with Crippen LogP contribution in [0.1, 0.15) is 36.4 Å². The van der Waals surface area contributed by atoms with Crippen LogP contribution in [0.15, 0.2) is 24.3 Å². The molecule has 0 bridgehead atoms. The van der Waals surface area contributed by atoms with Gasteiger partial charge in [0.2, 0.25) is 5.91 Å². The first kappa shape index (κ1) is 12.6. The quantitative estimate of drug-likeness (QED) is 0.740. The van der Waals surface area contributed by atoms with Crippen molar-refractivity contribution in [2.75, 3.05) is 6.54 Å². The fourth-order valence-corrected chi connectivity index (χ4v) is 3.08. The summed E-state index contributed by atoms with van der Waals surface area (Å²) in [7, 11) is 0. The van der Waals surface area contributed by atoms with Gasteiger partial charge in [-0.25, -0.2) is 0 Å². The van der Waals surface area contributed by atoms with Crippen LogP contribution in [0.5, 0.6) is 0 Å². The Morgan fingerprint density at radius 2 is 2.16 bits per heavy atom. The van der Waals surface area contributed by atoms with Gasteiger partial charge in [-0.1, -0.05) is 30.7 Å². The number of hydrogen-bond donors (Lipinski definition) is 3. The van der Waals surface area contributed by atoms with Crippen LogP contribution in [0, 0.1) is 0 Å². The second kappa shape index (κ2) is 5.31. The van der Waals surface area contributed by atoms with Crippen molar-refractivity contribution < 1.29 is 9.90 Å². The Bertz CT molecular complexity index is 469. The summed E-state index contributed by atoms with van der Waals surface area (Å²) in [5.41, 5.74) is 2.19. The Hall–Kier alpha value is -1.39. The molecule has 102 valence electrons. The van der Waals surface area contributed by atoms with Crippen molar-refractivity contribution >= 4 is 5.91 Å². The molecule has 19 heavy (non-hydrogen) atoms. The smallest absolute Gasteiger partial charge is 0.237 e. The molecule has 4 nitrogen and oxygen atoms in total. The summed E-state index contributed by atoms with van der Waals surface area (Å²) in [5.74, 6) is 0.0143. The summed E-state index contributed by atoms with van der Waals surface area (Å²) in [5, 5.41) is 16.4. The highest BCUT2D eigenvalue weighted by atomic mass is 16.3. The van der Waals surface area contributed by atoms with Crippen LogP contribution in [0.2, 0.25) is 0 Å². The molecule has 1 heterocycles. The van der Waals surface area contributed by atoms with Gasteiger partial charge in [0.25, 0.3) is 0 Å². The van der Waals surface area contributed by atoms with E-state index < -0.39 is 6.10 Å². The van der Waals surface area contributed by atoms with Crippen LogP contribution >= 0.6 is 0 Å². The Labute approximate surface area is 113 Å². The van der Waals surface area contributed by atoms with Gasteiger partial charge in [0.15, 0.2) is 0 Å². The molecule has 1 aromatic rings. The van der Waals surface area contributed by atoms with Crippen molar-refractivity contribution in [2.24, 2.45) is 0 Å². The van der Waals surface area contributed by atoms with Gasteiger partial charge in [-0.15, -0.1) is 0 Å². The molecule has 4 heteroatoms. The predicted molar refractivity (Wildman–Crippen MR) is 72.7 cm³/mol. The lowest BCUT2D eigenvalue weighted by Gasteiger charge is -2.26. The van der Waals surface area contributed by atoms with Crippen molar-refractivity contribution in [3.8, 4) is 0 Å². The topological polar surface area (TPSA) is 61.4 Å². The highest BCUT2D eigenvalue weighted by Crippen LogP contribution is 2.31. The summed E-state index contributed by atoms with van der Waals surface area (Å²) in [6, 6.07) is 7.57. The van der Waals surface area contributed by atoms with E-state index in [2.05, 4.69) is 10.6 Å². The van der Waals surface area contributed by atoms with E-state index >= 15 is 0 Å². The Balaban J connectivity index is 1.71. The van der Waals surface area contributed by atoms with Crippen LogP contribution in [0.4, 0.5) is 0 Å². The van der Waals surface area contributed by atoms with E-state index in [1.54, 1.807) is 0 Å². The number of hydrogen-bond acceptors (Lipinski definition) is 3. The number of rotatable bonds is 2. The molecule has 3 atom stereocenters. The summed E-state index contributed by atoms with van der Waals surface area (Å²) < 4.78 is 0. The molecule has 0 unspecified atom stereocenters. The minimum Gasteiger partial charge on any atom is -0.390 e. The standard InChI is InChI=1S/C15H20N2O2/c18-13-9-10-5-1-2-6-11(10)14(13)17-15(19)12-7-3-4-8-16-12/h1-2,5-6,12-14,16,18H,3-4,7-9H2,(H,17,19)/t12-,13-,14+/m1/s1. The number of piperidine rings is 1. The molecule has 0 spiro atoms. The Kier molecular flexibility index (Phi) is 3.53. The molecule has 3 N–H and O–H groups in total. The van der Waals surface area contributed by atoms with Crippen LogP contribution in [0.25, 0.3) is 0 Å². The largest absolute Gasteiger partial charge is 0.390 e. The van der Waals surface area contributed by atoms with E-state index in [9.17, 15) is 9.90 Å². The molecule has 0 aromatic heterocycles. The third kappa shape index (κ3) is 2.51. The molecule has 1 aromatic carbocycles. The molecule has 0 radical (unpaired) electrons. The maximum absolute atomic E-state index is 12.2. The third-order valence-electron chi connectivity index (χ3n) is 4.13. The van der Waals surface area contributed by atoms with Crippen LogP contribution in [-0.4, -0.2) is 29.7 Å². The zero-order chi connectivity index (χ0) is 13.2. The lowest BCUT2D eigenvalue weighted by Crippen LogP contribution is -2.48. The maximum atomic E-state index is 12.2. The van der Waals surface area contributed by atoms with Crippen molar-refractivity contribution in [2.45, 2.75) is 43.9 Å². The monoisotopic (exact) mass is 260 g/mol. The fraction of sp³-hybridized carbons (Fsp3) is 0.533. The SMILES string of the molecule is O=C(N[C@H]1c2ccccc2C[C@H]1O)[C@H]1CCCCN1. The predicted octanol–water partition coefficient (Wildman–Crippen LogP) is 0.903. The third-order valence-corrected chi connectivity index (χ3v) is 4.13. The average Bonchev–Trinajstić information content (AvgIpc) is 2.76. The number of aliphatic hydroxyl groups excluding tert-OH is 1. The number of amides is 1.